The minimum absolute atomic E-state index is 0.0660. The van der Waals surface area contributed by atoms with Crippen LogP contribution in [-0.4, -0.2) is 56.4 Å². The van der Waals surface area contributed by atoms with Crippen LogP contribution in [0.15, 0.2) is 34.5 Å². The van der Waals surface area contributed by atoms with Gasteiger partial charge in [0, 0.05) is 42.1 Å². The fourth-order valence-corrected chi connectivity index (χ4v) is 5.35. The minimum Gasteiger partial charge on any atom is -0.494 e. The van der Waals surface area contributed by atoms with Crippen molar-refractivity contribution >= 4 is 0 Å². The van der Waals surface area contributed by atoms with Gasteiger partial charge in [-0.05, 0) is 18.8 Å². The quantitative estimate of drug-likeness (QED) is 0.285. The topological polar surface area (TPSA) is 49.4 Å². The molecular formula is C35H61F2NO5. The summed E-state index contributed by atoms with van der Waals surface area (Å²) in [7, 11) is 0. The van der Waals surface area contributed by atoms with Gasteiger partial charge in [-0.25, -0.2) is 0 Å². The number of ether oxygens (including phenoxy) is 5. The van der Waals surface area contributed by atoms with Crippen LogP contribution in [0.1, 0.15) is 102 Å². The zero-order chi connectivity index (χ0) is 32.5. The van der Waals surface area contributed by atoms with E-state index in [9.17, 15) is 8.78 Å². The van der Waals surface area contributed by atoms with Gasteiger partial charge >= 0.3 is 5.92 Å². The van der Waals surface area contributed by atoms with Crippen molar-refractivity contribution < 1.29 is 32.5 Å². The smallest absolute Gasteiger partial charge is 0.314 e. The molecule has 0 spiro atoms. The van der Waals surface area contributed by atoms with Crippen LogP contribution in [0, 0.1) is 35.5 Å². The maximum absolute atomic E-state index is 13.1. The Balaban J connectivity index is 0.000000226. The van der Waals surface area contributed by atoms with Crippen molar-refractivity contribution in [2.75, 3.05) is 39.6 Å². The second-order valence-corrected chi connectivity index (χ2v) is 13.9. The van der Waals surface area contributed by atoms with Crippen molar-refractivity contribution in [3.8, 4) is 0 Å². The Labute approximate surface area is 261 Å². The van der Waals surface area contributed by atoms with E-state index < -0.39 is 19.1 Å². The number of halogens is 2. The Hall–Kier alpha value is -2.12. The van der Waals surface area contributed by atoms with Crippen LogP contribution in [-0.2, 0) is 23.7 Å². The molecule has 0 aromatic carbocycles. The van der Waals surface area contributed by atoms with Crippen molar-refractivity contribution in [3.05, 3.63) is 34.5 Å². The summed E-state index contributed by atoms with van der Waals surface area (Å²) in [6, 6.07) is 0.819. The standard InChI is InChI=1S/C13H23NO.C11H18F2O2.C11H20O2/c1-9(2)12-13(10(3)4)15-8-7-14(12)11-5-6-11;1-7(2)9-10(8(3)4)15-6-11(12,13)5-14-9;1-8(2)10-11(9(3)4)13-7-5-6-12-10/h9-11H,5-8H2,1-4H3;7-8H,5-6H2,1-4H3;8-9H,5-7H2,1-4H3. The molecule has 1 fully saturated rings. The molecular weight excluding hydrogens is 552 g/mol. The van der Waals surface area contributed by atoms with E-state index in [-0.39, 0.29) is 11.8 Å². The Kier molecular flexibility index (Phi) is 14.5. The first-order valence-electron chi connectivity index (χ1n) is 16.6. The lowest BCUT2D eigenvalue weighted by molar-refractivity contribution is -0.0882. The zero-order valence-electron chi connectivity index (χ0n) is 29.1. The summed E-state index contributed by atoms with van der Waals surface area (Å²) >= 11 is 0. The van der Waals surface area contributed by atoms with Crippen molar-refractivity contribution in [2.45, 2.75) is 114 Å². The van der Waals surface area contributed by atoms with Crippen LogP contribution in [0.4, 0.5) is 8.78 Å². The Bertz CT molecular complexity index is 917. The predicted molar refractivity (Wildman–Crippen MR) is 169 cm³/mol. The summed E-state index contributed by atoms with van der Waals surface area (Å²) in [6.07, 6.45) is 3.75. The van der Waals surface area contributed by atoms with E-state index in [2.05, 4.69) is 60.3 Å². The lowest BCUT2D eigenvalue weighted by Gasteiger charge is -2.37. The monoisotopic (exact) mass is 613 g/mol. The third-order valence-electron chi connectivity index (χ3n) is 7.48. The number of allylic oxidation sites excluding steroid dienone is 6. The summed E-state index contributed by atoms with van der Waals surface area (Å²) in [6.45, 7) is 27.6. The van der Waals surface area contributed by atoms with Crippen LogP contribution in [0.2, 0.25) is 0 Å². The fourth-order valence-electron chi connectivity index (χ4n) is 5.35. The fraction of sp³-hybridized carbons (Fsp3) is 0.829. The highest BCUT2D eigenvalue weighted by molar-refractivity contribution is 5.17. The Morgan fingerprint density at radius 3 is 1.26 bits per heavy atom. The average Bonchev–Trinajstić information content (AvgIpc) is 3.77. The van der Waals surface area contributed by atoms with E-state index in [0.29, 0.717) is 35.2 Å². The van der Waals surface area contributed by atoms with Crippen LogP contribution >= 0.6 is 0 Å². The molecule has 43 heavy (non-hydrogen) atoms. The van der Waals surface area contributed by atoms with E-state index in [1.807, 2.05) is 27.7 Å². The Morgan fingerprint density at radius 1 is 0.535 bits per heavy atom. The summed E-state index contributed by atoms with van der Waals surface area (Å²) in [5.74, 6) is 3.65. The largest absolute Gasteiger partial charge is 0.494 e. The number of hydrogen-bond acceptors (Lipinski definition) is 6. The maximum Gasteiger partial charge on any atom is 0.314 e. The van der Waals surface area contributed by atoms with Crippen LogP contribution in [0.5, 0.6) is 0 Å². The molecule has 4 rings (SSSR count). The number of rotatable bonds is 7. The molecule has 0 aromatic rings. The molecule has 0 unspecified atom stereocenters. The number of nitrogens with zero attached hydrogens (tertiary/aromatic N) is 1. The SMILES string of the molecule is CC(C)C1=C(C(C)C)N(C2CC2)CCO1.CC(C)C1=C(C(C)C)OCC(F)(F)CO1.CC(C)C1=C(C(C)C)OCCCO1. The second kappa shape index (κ2) is 16.8. The molecule has 0 radical (unpaired) electrons. The van der Waals surface area contributed by atoms with E-state index in [0.717, 1.165) is 50.3 Å². The third kappa shape index (κ3) is 11.4. The summed E-state index contributed by atoms with van der Waals surface area (Å²) < 4.78 is 53.7. The van der Waals surface area contributed by atoms with Crippen molar-refractivity contribution in [1.29, 1.82) is 0 Å². The lowest BCUT2D eigenvalue weighted by atomic mass is 10.0. The number of alkyl halides is 2. The molecule has 4 aliphatic rings. The molecule has 0 amide bonds. The second-order valence-electron chi connectivity index (χ2n) is 13.9. The highest BCUT2D eigenvalue weighted by atomic mass is 19.3. The lowest BCUT2D eigenvalue weighted by Crippen LogP contribution is -2.37. The van der Waals surface area contributed by atoms with E-state index >= 15 is 0 Å². The molecule has 0 saturated heterocycles. The first-order chi connectivity index (χ1) is 20.1. The highest BCUT2D eigenvalue weighted by Gasteiger charge is 2.37. The predicted octanol–water partition coefficient (Wildman–Crippen LogP) is 9.14. The van der Waals surface area contributed by atoms with Gasteiger partial charge < -0.3 is 28.6 Å². The molecule has 0 N–H and O–H groups in total. The molecule has 3 aliphatic heterocycles. The van der Waals surface area contributed by atoms with E-state index in [1.54, 1.807) is 0 Å². The summed E-state index contributed by atoms with van der Waals surface area (Å²) in [5.41, 5.74) is 1.47. The third-order valence-corrected chi connectivity index (χ3v) is 7.48. The van der Waals surface area contributed by atoms with Crippen molar-refractivity contribution in [2.24, 2.45) is 35.5 Å². The van der Waals surface area contributed by atoms with E-state index in [4.69, 9.17) is 23.7 Å². The average molecular weight is 614 g/mol. The molecule has 1 saturated carbocycles. The first kappa shape index (κ1) is 37.1. The molecule has 0 aromatic heterocycles. The normalized spacial score (nSPS) is 21.0. The van der Waals surface area contributed by atoms with Crippen LogP contribution < -0.4 is 0 Å². The molecule has 6 nitrogen and oxygen atoms in total. The van der Waals surface area contributed by atoms with Gasteiger partial charge in [-0.15, -0.1) is 0 Å². The summed E-state index contributed by atoms with van der Waals surface area (Å²) in [4.78, 5) is 2.60. The van der Waals surface area contributed by atoms with Crippen LogP contribution in [0.25, 0.3) is 0 Å². The molecule has 250 valence electrons. The minimum atomic E-state index is -2.89. The molecule has 3 heterocycles. The van der Waals surface area contributed by atoms with Gasteiger partial charge in [0.2, 0.25) is 0 Å². The summed E-state index contributed by atoms with van der Waals surface area (Å²) in [5, 5.41) is 0. The zero-order valence-corrected chi connectivity index (χ0v) is 29.1. The van der Waals surface area contributed by atoms with Gasteiger partial charge in [-0.1, -0.05) is 83.1 Å². The highest BCUT2D eigenvalue weighted by Crippen LogP contribution is 2.37. The Morgan fingerprint density at radius 2 is 0.907 bits per heavy atom. The van der Waals surface area contributed by atoms with Gasteiger partial charge in [-0.2, -0.15) is 8.78 Å². The van der Waals surface area contributed by atoms with Crippen molar-refractivity contribution in [3.63, 3.8) is 0 Å². The van der Waals surface area contributed by atoms with Gasteiger partial charge in [0.25, 0.3) is 0 Å². The van der Waals surface area contributed by atoms with Gasteiger partial charge in [0.15, 0.2) is 13.2 Å². The molecule has 8 heteroatoms. The maximum atomic E-state index is 13.1. The first-order valence-corrected chi connectivity index (χ1v) is 16.6. The molecule has 1 aliphatic carbocycles. The van der Waals surface area contributed by atoms with Gasteiger partial charge in [0.1, 0.15) is 35.4 Å². The number of hydrogen-bond donors (Lipinski definition) is 0. The van der Waals surface area contributed by atoms with Gasteiger partial charge in [0.05, 0.1) is 25.5 Å². The van der Waals surface area contributed by atoms with Crippen LogP contribution in [0.3, 0.4) is 0 Å². The van der Waals surface area contributed by atoms with Crippen molar-refractivity contribution in [1.82, 2.24) is 4.90 Å². The molecule has 0 bridgehead atoms. The van der Waals surface area contributed by atoms with E-state index in [1.165, 1.54) is 24.3 Å². The molecule has 0 atom stereocenters. The van der Waals surface area contributed by atoms with Gasteiger partial charge in [-0.3, -0.25) is 0 Å².